The molecule has 4 rings (SSSR count). The smallest absolute Gasteiger partial charge is 0.232 e. The predicted molar refractivity (Wildman–Crippen MR) is 95.6 cm³/mol. The lowest BCUT2D eigenvalue weighted by atomic mass is 10.1. The van der Waals surface area contributed by atoms with Gasteiger partial charge in [0.1, 0.15) is 5.82 Å². The van der Waals surface area contributed by atoms with Crippen molar-refractivity contribution in [3.63, 3.8) is 0 Å². The van der Waals surface area contributed by atoms with Crippen molar-refractivity contribution in [1.82, 2.24) is 10.1 Å². The second kappa shape index (κ2) is 6.53. The molecule has 5 nitrogen and oxygen atoms in total. The Labute approximate surface area is 154 Å². The first-order valence-corrected chi connectivity index (χ1v) is 8.55. The van der Waals surface area contributed by atoms with Gasteiger partial charge in [-0.05, 0) is 48.9 Å². The van der Waals surface area contributed by atoms with Crippen molar-refractivity contribution in [2.24, 2.45) is 0 Å². The van der Waals surface area contributed by atoms with Crippen LogP contribution in [-0.2, 0) is 4.79 Å². The number of hydrogen-bond donors (Lipinski definition) is 0. The summed E-state index contributed by atoms with van der Waals surface area (Å²) in [5, 5.41) is 4.62. The monoisotopic (exact) mass is 371 g/mol. The highest BCUT2D eigenvalue weighted by molar-refractivity contribution is 6.30. The summed E-state index contributed by atoms with van der Waals surface area (Å²) in [5.41, 5.74) is 1.87. The normalized spacial score (nSPS) is 17.1. The van der Waals surface area contributed by atoms with Gasteiger partial charge in [-0.1, -0.05) is 22.8 Å². The van der Waals surface area contributed by atoms with Gasteiger partial charge in [-0.15, -0.1) is 0 Å². The zero-order valence-corrected chi connectivity index (χ0v) is 14.7. The molecule has 1 saturated heterocycles. The van der Waals surface area contributed by atoms with Crippen LogP contribution < -0.4 is 4.90 Å². The standard InChI is InChI=1S/C19H15ClFN3O2/c1-11-2-7-15(9-16(11)21)24-10-13(8-17(24)25)19-22-18(23-26-19)12-3-5-14(20)6-4-12/h2-7,9,13H,8,10H2,1H3. The van der Waals surface area contributed by atoms with Crippen molar-refractivity contribution < 1.29 is 13.7 Å². The molecule has 0 saturated carbocycles. The van der Waals surface area contributed by atoms with Crippen LogP contribution in [0.2, 0.25) is 5.02 Å². The summed E-state index contributed by atoms with van der Waals surface area (Å²) in [6, 6.07) is 11.9. The summed E-state index contributed by atoms with van der Waals surface area (Å²) in [6.45, 7) is 2.06. The van der Waals surface area contributed by atoms with Crippen LogP contribution in [0.3, 0.4) is 0 Å². The summed E-state index contributed by atoms with van der Waals surface area (Å²) in [4.78, 5) is 18.3. The molecule has 0 N–H and O–H groups in total. The first-order chi connectivity index (χ1) is 12.5. The minimum Gasteiger partial charge on any atom is -0.339 e. The molecule has 1 fully saturated rings. The maximum absolute atomic E-state index is 13.8. The summed E-state index contributed by atoms with van der Waals surface area (Å²) in [7, 11) is 0. The second-order valence-corrected chi connectivity index (χ2v) is 6.74. The van der Waals surface area contributed by atoms with Crippen molar-refractivity contribution in [3.8, 4) is 11.4 Å². The topological polar surface area (TPSA) is 59.2 Å². The number of halogens is 2. The maximum Gasteiger partial charge on any atom is 0.232 e. The zero-order valence-electron chi connectivity index (χ0n) is 13.9. The van der Waals surface area contributed by atoms with E-state index < -0.39 is 0 Å². The molecule has 1 unspecified atom stereocenters. The van der Waals surface area contributed by atoms with Crippen molar-refractivity contribution in [1.29, 1.82) is 0 Å². The van der Waals surface area contributed by atoms with E-state index in [9.17, 15) is 9.18 Å². The molecule has 1 amide bonds. The van der Waals surface area contributed by atoms with Gasteiger partial charge in [0.2, 0.25) is 17.6 Å². The molecule has 26 heavy (non-hydrogen) atoms. The second-order valence-electron chi connectivity index (χ2n) is 6.30. The van der Waals surface area contributed by atoms with E-state index in [-0.39, 0.29) is 24.1 Å². The number of aryl methyl sites for hydroxylation is 1. The molecule has 3 aromatic rings. The molecule has 1 aliphatic rings. The van der Waals surface area contributed by atoms with Gasteiger partial charge in [0.05, 0.1) is 5.92 Å². The predicted octanol–water partition coefficient (Wildman–Crippen LogP) is 4.36. The van der Waals surface area contributed by atoms with Crippen LogP contribution >= 0.6 is 11.6 Å². The number of hydrogen-bond acceptors (Lipinski definition) is 4. The van der Waals surface area contributed by atoms with Gasteiger partial charge in [0.15, 0.2) is 0 Å². The number of benzene rings is 2. The third-order valence-corrected chi connectivity index (χ3v) is 4.74. The largest absolute Gasteiger partial charge is 0.339 e. The van der Waals surface area contributed by atoms with E-state index in [2.05, 4.69) is 10.1 Å². The quantitative estimate of drug-likeness (QED) is 0.686. The highest BCUT2D eigenvalue weighted by atomic mass is 35.5. The van der Waals surface area contributed by atoms with Gasteiger partial charge in [0, 0.05) is 29.2 Å². The first kappa shape index (κ1) is 16.7. The maximum atomic E-state index is 13.8. The molecular weight excluding hydrogens is 357 g/mol. The number of nitrogens with zero attached hydrogens (tertiary/aromatic N) is 3. The van der Waals surface area contributed by atoms with Crippen LogP contribution in [0, 0.1) is 12.7 Å². The van der Waals surface area contributed by atoms with Crippen LogP contribution in [-0.4, -0.2) is 22.6 Å². The fourth-order valence-corrected chi connectivity index (χ4v) is 3.12. The summed E-state index contributed by atoms with van der Waals surface area (Å²) in [6.07, 6.45) is 0.248. The Morgan fingerprint density at radius 1 is 1.23 bits per heavy atom. The lowest BCUT2D eigenvalue weighted by molar-refractivity contribution is -0.117. The average molecular weight is 372 g/mol. The van der Waals surface area contributed by atoms with Gasteiger partial charge < -0.3 is 9.42 Å². The van der Waals surface area contributed by atoms with Crippen LogP contribution in [0.15, 0.2) is 47.0 Å². The molecule has 0 spiro atoms. The summed E-state index contributed by atoms with van der Waals surface area (Å²) < 4.78 is 19.2. The minimum atomic E-state index is -0.332. The van der Waals surface area contributed by atoms with E-state index in [1.54, 1.807) is 48.2 Å². The molecule has 1 aliphatic heterocycles. The number of rotatable bonds is 3. The van der Waals surface area contributed by atoms with E-state index in [0.29, 0.717) is 34.5 Å². The Morgan fingerprint density at radius 3 is 2.73 bits per heavy atom. The summed E-state index contributed by atoms with van der Waals surface area (Å²) >= 11 is 5.89. The Balaban J connectivity index is 1.55. The van der Waals surface area contributed by atoms with Crippen LogP contribution in [0.4, 0.5) is 10.1 Å². The van der Waals surface area contributed by atoms with E-state index >= 15 is 0 Å². The van der Waals surface area contributed by atoms with Gasteiger partial charge >= 0.3 is 0 Å². The Kier molecular flexibility index (Phi) is 4.20. The van der Waals surface area contributed by atoms with Gasteiger partial charge in [-0.2, -0.15) is 4.98 Å². The SMILES string of the molecule is Cc1ccc(N2CC(c3nc(-c4ccc(Cl)cc4)no3)CC2=O)cc1F. The molecular formula is C19H15ClFN3O2. The molecule has 0 radical (unpaired) electrons. The van der Waals surface area contributed by atoms with E-state index in [1.807, 2.05) is 0 Å². The highest BCUT2D eigenvalue weighted by Crippen LogP contribution is 2.32. The molecule has 1 aromatic heterocycles. The molecule has 0 bridgehead atoms. The third kappa shape index (κ3) is 3.08. The number of carbonyl (C=O) groups excluding carboxylic acids is 1. The number of aromatic nitrogens is 2. The lowest BCUT2D eigenvalue weighted by Gasteiger charge is -2.16. The van der Waals surface area contributed by atoms with Crippen LogP contribution in [0.5, 0.6) is 0 Å². The number of anilines is 1. The van der Waals surface area contributed by atoms with E-state index in [1.165, 1.54) is 6.07 Å². The lowest BCUT2D eigenvalue weighted by Crippen LogP contribution is -2.24. The molecule has 1 atom stereocenters. The fourth-order valence-electron chi connectivity index (χ4n) is 2.99. The van der Waals surface area contributed by atoms with Crippen molar-refractivity contribution >= 4 is 23.2 Å². The van der Waals surface area contributed by atoms with Gasteiger partial charge in [-0.25, -0.2) is 4.39 Å². The molecule has 2 heterocycles. The van der Waals surface area contributed by atoms with Crippen molar-refractivity contribution in [2.45, 2.75) is 19.3 Å². The van der Waals surface area contributed by atoms with Gasteiger partial charge in [0.25, 0.3) is 0 Å². The summed E-state index contributed by atoms with van der Waals surface area (Å²) in [5.74, 6) is 0.203. The Bertz CT molecular complexity index is 971. The zero-order chi connectivity index (χ0) is 18.3. The molecule has 2 aromatic carbocycles. The minimum absolute atomic E-state index is 0.0931. The molecule has 0 aliphatic carbocycles. The van der Waals surface area contributed by atoms with E-state index in [0.717, 1.165) is 5.56 Å². The van der Waals surface area contributed by atoms with E-state index in [4.69, 9.17) is 16.1 Å². The molecule has 132 valence electrons. The first-order valence-electron chi connectivity index (χ1n) is 8.17. The van der Waals surface area contributed by atoms with Crippen molar-refractivity contribution in [3.05, 3.63) is 64.8 Å². The van der Waals surface area contributed by atoms with Gasteiger partial charge in [-0.3, -0.25) is 4.79 Å². The molecule has 7 heteroatoms. The van der Waals surface area contributed by atoms with Crippen LogP contribution in [0.1, 0.15) is 23.8 Å². The Morgan fingerprint density at radius 2 is 2.00 bits per heavy atom. The van der Waals surface area contributed by atoms with Crippen molar-refractivity contribution in [2.75, 3.05) is 11.4 Å². The Hall–Kier alpha value is -2.73. The average Bonchev–Trinajstić information content (AvgIpc) is 3.25. The number of carbonyl (C=O) groups is 1. The number of amides is 1. The highest BCUT2D eigenvalue weighted by Gasteiger charge is 2.35. The third-order valence-electron chi connectivity index (χ3n) is 4.49. The van der Waals surface area contributed by atoms with Crippen LogP contribution in [0.25, 0.3) is 11.4 Å². The fraction of sp³-hybridized carbons (Fsp3) is 0.211.